The molecule has 0 rings (SSSR count). The highest BCUT2D eigenvalue weighted by Gasteiger charge is 2.28. The lowest BCUT2D eigenvalue weighted by Crippen LogP contribution is -2.37. The van der Waals surface area contributed by atoms with Gasteiger partial charge >= 0.3 is 12.1 Å². The number of carbonyl (C=O) groups excluding carboxylic acids is 3. The van der Waals surface area contributed by atoms with Crippen LogP contribution < -0.4 is 0 Å². The van der Waals surface area contributed by atoms with Crippen LogP contribution in [0.4, 0.5) is 4.79 Å². The van der Waals surface area contributed by atoms with E-state index in [0.29, 0.717) is 6.29 Å². The van der Waals surface area contributed by atoms with Gasteiger partial charge in [-0.15, -0.1) is 0 Å². The smallest absolute Gasteiger partial charge is 0.410 e. The van der Waals surface area contributed by atoms with Crippen molar-refractivity contribution >= 4 is 18.3 Å². The maximum absolute atomic E-state index is 12.0. The molecule has 104 valence electrons. The number of carbonyl (C=O) groups is 3. The fourth-order valence-corrected chi connectivity index (χ4v) is 0.890. The van der Waals surface area contributed by atoms with Crippen molar-refractivity contribution in [3.63, 3.8) is 0 Å². The van der Waals surface area contributed by atoms with E-state index in [2.05, 4.69) is 0 Å². The summed E-state index contributed by atoms with van der Waals surface area (Å²) in [6, 6.07) is 0. The third-order valence-corrected chi connectivity index (χ3v) is 1.59. The number of nitrogens with zero attached hydrogens (tertiary/aromatic N) is 1. The van der Waals surface area contributed by atoms with Crippen LogP contribution in [0.25, 0.3) is 0 Å². The van der Waals surface area contributed by atoms with Crippen LogP contribution in [0.3, 0.4) is 0 Å². The van der Waals surface area contributed by atoms with Gasteiger partial charge in [-0.2, -0.15) is 0 Å². The molecule has 1 atom stereocenters. The van der Waals surface area contributed by atoms with E-state index in [1.165, 1.54) is 14.1 Å². The summed E-state index contributed by atoms with van der Waals surface area (Å²) < 4.78 is 25.2. The standard InChI is InChI=1S/C12H21NO5/c1-12(2,3)18-10(15)9(7-6-8-14)17-11(16)13(4)5/h8-9H,6-7H2,1-5H3/i7D2. The first-order valence-corrected chi connectivity index (χ1v) is 5.45. The van der Waals surface area contributed by atoms with Crippen LogP contribution in [-0.2, 0) is 19.1 Å². The van der Waals surface area contributed by atoms with Crippen LogP contribution >= 0.6 is 0 Å². The van der Waals surface area contributed by atoms with Gasteiger partial charge in [0.15, 0.2) is 0 Å². The Bertz CT molecular complexity index is 377. The largest absolute Gasteiger partial charge is 0.457 e. The monoisotopic (exact) mass is 261 g/mol. The summed E-state index contributed by atoms with van der Waals surface area (Å²) in [5.74, 6) is -1.03. The molecule has 0 radical (unpaired) electrons. The Hall–Kier alpha value is -1.59. The number of amides is 1. The molecule has 6 nitrogen and oxygen atoms in total. The Balaban J connectivity index is 5.20. The topological polar surface area (TPSA) is 72.9 Å². The predicted molar refractivity (Wildman–Crippen MR) is 65.1 cm³/mol. The molecule has 1 unspecified atom stereocenters. The van der Waals surface area contributed by atoms with Crippen LogP contribution in [0.15, 0.2) is 0 Å². The molecule has 0 aliphatic heterocycles. The molecule has 0 fully saturated rings. The van der Waals surface area contributed by atoms with Gasteiger partial charge in [-0.1, -0.05) is 0 Å². The fourth-order valence-electron chi connectivity index (χ4n) is 0.890. The highest BCUT2D eigenvalue weighted by Crippen LogP contribution is 2.13. The molecule has 6 heteroatoms. The van der Waals surface area contributed by atoms with E-state index < -0.39 is 36.6 Å². The van der Waals surface area contributed by atoms with Crippen molar-refractivity contribution in [2.75, 3.05) is 14.1 Å². The summed E-state index contributed by atoms with van der Waals surface area (Å²) >= 11 is 0. The average Bonchev–Trinajstić information content (AvgIpc) is 2.22. The van der Waals surface area contributed by atoms with Gasteiger partial charge in [-0.05, 0) is 20.8 Å². The summed E-state index contributed by atoms with van der Waals surface area (Å²) in [7, 11) is 2.79. The summed E-state index contributed by atoms with van der Waals surface area (Å²) in [6.07, 6.45) is -5.30. The molecule has 0 aromatic carbocycles. The first kappa shape index (κ1) is 12.9. The van der Waals surface area contributed by atoms with Gasteiger partial charge in [0.05, 0.1) is 0 Å². The minimum Gasteiger partial charge on any atom is -0.457 e. The number of rotatable bonds is 5. The van der Waals surface area contributed by atoms with Crippen molar-refractivity contribution < 1.29 is 26.6 Å². The first-order valence-electron chi connectivity index (χ1n) is 6.45. The van der Waals surface area contributed by atoms with Gasteiger partial charge in [-0.25, -0.2) is 9.59 Å². The van der Waals surface area contributed by atoms with Crippen molar-refractivity contribution in [3.8, 4) is 0 Å². The van der Waals surface area contributed by atoms with Gasteiger partial charge in [0.1, 0.15) is 11.9 Å². The van der Waals surface area contributed by atoms with E-state index in [9.17, 15) is 14.4 Å². The first-order chi connectivity index (χ1) is 8.90. The second-order valence-corrected chi connectivity index (χ2v) is 4.77. The number of hydrogen-bond donors (Lipinski definition) is 0. The van der Waals surface area contributed by atoms with Crippen molar-refractivity contribution in [1.29, 1.82) is 0 Å². The maximum Gasteiger partial charge on any atom is 0.410 e. The van der Waals surface area contributed by atoms with Crippen LogP contribution in [0.2, 0.25) is 0 Å². The van der Waals surface area contributed by atoms with Gasteiger partial charge < -0.3 is 19.2 Å². The molecular formula is C12H21NO5. The molecule has 0 spiro atoms. The van der Waals surface area contributed by atoms with E-state index in [-0.39, 0.29) is 0 Å². The Morgan fingerprint density at radius 1 is 1.39 bits per heavy atom. The predicted octanol–water partition coefficient (Wildman–Crippen LogP) is 1.37. The molecule has 0 bridgehead atoms. The zero-order valence-corrected chi connectivity index (χ0v) is 11.4. The Kier molecular flexibility index (Phi) is 4.99. The molecule has 0 saturated heterocycles. The highest BCUT2D eigenvalue weighted by atomic mass is 16.6. The molecule has 0 heterocycles. The number of hydrogen-bond acceptors (Lipinski definition) is 5. The molecule has 18 heavy (non-hydrogen) atoms. The van der Waals surface area contributed by atoms with Gasteiger partial charge in [0.2, 0.25) is 6.10 Å². The number of ether oxygens (including phenoxy) is 2. The van der Waals surface area contributed by atoms with Crippen molar-refractivity contribution in [3.05, 3.63) is 0 Å². The van der Waals surface area contributed by atoms with Gasteiger partial charge in [0.25, 0.3) is 0 Å². The molecule has 0 aromatic heterocycles. The van der Waals surface area contributed by atoms with Gasteiger partial charge in [0, 0.05) is 29.6 Å². The second-order valence-electron chi connectivity index (χ2n) is 4.77. The Morgan fingerprint density at radius 3 is 2.33 bits per heavy atom. The molecule has 0 aliphatic carbocycles. The van der Waals surface area contributed by atoms with E-state index >= 15 is 0 Å². The molecule has 1 amide bonds. The second kappa shape index (κ2) is 6.98. The van der Waals surface area contributed by atoms with Gasteiger partial charge in [-0.3, -0.25) is 0 Å². The quantitative estimate of drug-likeness (QED) is 0.552. The maximum atomic E-state index is 12.0. The van der Waals surface area contributed by atoms with Crippen molar-refractivity contribution in [2.45, 2.75) is 45.3 Å². The van der Waals surface area contributed by atoms with Crippen molar-refractivity contribution in [2.24, 2.45) is 0 Å². The zero-order chi connectivity index (χ0) is 16.1. The van der Waals surface area contributed by atoms with Crippen LogP contribution in [0.1, 0.15) is 36.3 Å². The van der Waals surface area contributed by atoms with E-state index in [1.54, 1.807) is 20.8 Å². The zero-order valence-electron chi connectivity index (χ0n) is 13.4. The Morgan fingerprint density at radius 2 is 1.94 bits per heavy atom. The average molecular weight is 261 g/mol. The lowest BCUT2D eigenvalue weighted by atomic mass is 10.1. The molecule has 0 saturated carbocycles. The SMILES string of the molecule is [2H]C([2H])(CC=O)C(OC(=O)N(C)C)C(=O)OC(C)(C)C. The van der Waals surface area contributed by atoms with Crippen LogP contribution in [0.5, 0.6) is 0 Å². The summed E-state index contributed by atoms with van der Waals surface area (Å²) in [5, 5.41) is 0. The summed E-state index contributed by atoms with van der Waals surface area (Å²) in [4.78, 5) is 35.0. The summed E-state index contributed by atoms with van der Waals surface area (Å²) in [6.45, 7) is 4.81. The summed E-state index contributed by atoms with van der Waals surface area (Å²) in [5.41, 5.74) is -0.864. The minimum absolute atomic E-state index is 0.320. The third kappa shape index (κ3) is 6.88. The van der Waals surface area contributed by atoms with E-state index in [4.69, 9.17) is 12.2 Å². The van der Waals surface area contributed by atoms with Crippen LogP contribution in [-0.4, -0.2) is 49.0 Å². The minimum atomic E-state index is -2.34. The number of esters is 1. The van der Waals surface area contributed by atoms with E-state index in [0.717, 1.165) is 4.90 Å². The highest BCUT2D eigenvalue weighted by molar-refractivity contribution is 5.79. The molecule has 0 aliphatic rings. The molecule has 0 aromatic rings. The Labute approximate surface area is 110 Å². The molecular weight excluding hydrogens is 238 g/mol. The van der Waals surface area contributed by atoms with Crippen LogP contribution in [0, 0.1) is 0 Å². The number of aldehydes is 1. The third-order valence-electron chi connectivity index (χ3n) is 1.59. The lowest BCUT2D eigenvalue weighted by Gasteiger charge is -2.24. The normalized spacial score (nSPS) is 14.9. The fraction of sp³-hybridized carbons (Fsp3) is 0.750. The van der Waals surface area contributed by atoms with E-state index in [1.807, 2.05) is 0 Å². The van der Waals surface area contributed by atoms with Crippen molar-refractivity contribution in [1.82, 2.24) is 4.90 Å². The lowest BCUT2D eigenvalue weighted by molar-refractivity contribution is -0.165. The molecule has 0 N–H and O–H groups in total.